The Kier molecular flexibility index (Phi) is 10.5. The predicted molar refractivity (Wildman–Crippen MR) is 135 cm³/mol. The van der Waals surface area contributed by atoms with Crippen LogP contribution < -0.4 is 0 Å². The van der Waals surface area contributed by atoms with Gasteiger partial charge in [0.2, 0.25) is 11.8 Å². The van der Waals surface area contributed by atoms with Crippen LogP contribution in [-0.4, -0.2) is 57.9 Å². The molecule has 36 heavy (non-hydrogen) atoms. The van der Waals surface area contributed by atoms with Gasteiger partial charge in [-0.05, 0) is 56.5 Å². The summed E-state index contributed by atoms with van der Waals surface area (Å²) in [6, 6.07) is 10.5. The van der Waals surface area contributed by atoms with Crippen molar-refractivity contribution < 1.29 is 23.5 Å². The minimum atomic E-state index is -0.404. The Hall–Kier alpha value is -3.16. The summed E-state index contributed by atoms with van der Waals surface area (Å²) in [5.41, 5.74) is 1.98. The van der Waals surface area contributed by atoms with Crippen molar-refractivity contribution in [2.24, 2.45) is 0 Å². The van der Waals surface area contributed by atoms with Crippen LogP contribution in [0.4, 0.5) is 4.39 Å². The maximum absolute atomic E-state index is 13.6. The van der Waals surface area contributed by atoms with Gasteiger partial charge in [0.15, 0.2) is 0 Å². The van der Waals surface area contributed by atoms with Gasteiger partial charge < -0.3 is 19.1 Å². The van der Waals surface area contributed by atoms with Crippen molar-refractivity contribution in [1.82, 2.24) is 14.4 Å². The number of amides is 2. The van der Waals surface area contributed by atoms with Crippen molar-refractivity contribution in [3.8, 4) is 0 Å². The molecule has 0 spiro atoms. The molecule has 1 heterocycles. The summed E-state index contributed by atoms with van der Waals surface area (Å²) in [4.78, 5) is 41.4. The van der Waals surface area contributed by atoms with Crippen LogP contribution in [0.5, 0.6) is 0 Å². The molecule has 0 bridgehead atoms. The summed E-state index contributed by atoms with van der Waals surface area (Å²) in [6.07, 6.45) is 7.26. The maximum atomic E-state index is 13.6. The second-order valence-corrected chi connectivity index (χ2v) is 9.28. The Balaban J connectivity index is 1.71. The zero-order valence-corrected chi connectivity index (χ0v) is 21.5. The monoisotopic (exact) mass is 499 g/mol. The third kappa shape index (κ3) is 7.93. The first-order valence-corrected chi connectivity index (χ1v) is 13.0. The molecule has 8 heteroatoms. The number of esters is 1. The molecule has 1 aromatic heterocycles. The van der Waals surface area contributed by atoms with Crippen LogP contribution >= 0.6 is 0 Å². The highest BCUT2D eigenvalue weighted by Gasteiger charge is 2.28. The van der Waals surface area contributed by atoms with E-state index in [2.05, 4.69) is 4.57 Å². The summed E-state index contributed by atoms with van der Waals surface area (Å²) < 4.78 is 20.3. The van der Waals surface area contributed by atoms with E-state index in [0.29, 0.717) is 19.6 Å². The van der Waals surface area contributed by atoms with Crippen LogP contribution in [0, 0.1) is 5.82 Å². The SMILES string of the molecule is CCOC(=O)CCC(=O)N(CC)CC(=O)N(Cc1cccn1Cc1ccc(F)cc1)C1CCCCC1. The number of carbonyl (C=O) groups excluding carboxylic acids is 3. The van der Waals surface area contributed by atoms with Crippen LogP contribution in [-0.2, 0) is 32.2 Å². The first kappa shape index (κ1) is 27.4. The van der Waals surface area contributed by atoms with Crippen LogP contribution in [0.2, 0.25) is 0 Å². The summed E-state index contributed by atoms with van der Waals surface area (Å²) in [5, 5.41) is 0. The number of hydrogen-bond donors (Lipinski definition) is 0. The number of hydrogen-bond acceptors (Lipinski definition) is 4. The van der Waals surface area contributed by atoms with E-state index in [9.17, 15) is 18.8 Å². The van der Waals surface area contributed by atoms with Crippen LogP contribution in [0.1, 0.15) is 70.1 Å². The zero-order valence-electron chi connectivity index (χ0n) is 21.5. The van der Waals surface area contributed by atoms with Gasteiger partial charge in [-0.25, -0.2) is 4.39 Å². The Bertz CT molecular complexity index is 998. The van der Waals surface area contributed by atoms with Gasteiger partial charge in [0.1, 0.15) is 5.82 Å². The number of nitrogens with zero attached hydrogens (tertiary/aromatic N) is 3. The lowest BCUT2D eigenvalue weighted by molar-refractivity contribution is -0.147. The van der Waals surface area contributed by atoms with Crippen LogP contribution in [0.15, 0.2) is 42.6 Å². The molecule has 1 saturated carbocycles. The lowest BCUT2D eigenvalue weighted by Gasteiger charge is -2.36. The molecule has 3 rings (SSSR count). The molecule has 0 N–H and O–H groups in total. The minimum absolute atomic E-state index is 0.00662. The first-order chi connectivity index (χ1) is 17.4. The molecular formula is C28H38FN3O4. The molecule has 0 atom stereocenters. The predicted octanol–water partition coefficient (Wildman–Crippen LogP) is 4.53. The molecule has 1 aliphatic rings. The smallest absolute Gasteiger partial charge is 0.306 e. The van der Waals surface area contributed by atoms with E-state index < -0.39 is 5.97 Å². The maximum Gasteiger partial charge on any atom is 0.306 e. The van der Waals surface area contributed by atoms with E-state index in [0.717, 1.165) is 36.9 Å². The number of benzene rings is 1. The largest absolute Gasteiger partial charge is 0.466 e. The molecule has 196 valence electrons. The first-order valence-electron chi connectivity index (χ1n) is 13.0. The Morgan fingerprint density at radius 1 is 1.00 bits per heavy atom. The van der Waals surface area contributed by atoms with Crippen molar-refractivity contribution in [1.29, 1.82) is 0 Å². The number of rotatable bonds is 12. The number of carbonyl (C=O) groups is 3. The fourth-order valence-corrected chi connectivity index (χ4v) is 4.75. The molecule has 2 aromatic rings. The van der Waals surface area contributed by atoms with E-state index in [-0.39, 0.29) is 49.7 Å². The molecule has 1 aromatic carbocycles. The Morgan fingerprint density at radius 3 is 2.39 bits per heavy atom. The van der Waals surface area contributed by atoms with Gasteiger partial charge in [-0.2, -0.15) is 0 Å². The van der Waals surface area contributed by atoms with Gasteiger partial charge in [-0.15, -0.1) is 0 Å². The Morgan fingerprint density at radius 2 is 1.72 bits per heavy atom. The van der Waals surface area contributed by atoms with Gasteiger partial charge in [0.25, 0.3) is 0 Å². The fraction of sp³-hybridized carbons (Fsp3) is 0.536. The molecule has 0 saturated heterocycles. The van der Waals surface area contributed by atoms with E-state index in [1.165, 1.54) is 23.5 Å². The van der Waals surface area contributed by atoms with Gasteiger partial charge in [0.05, 0.1) is 26.1 Å². The van der Waals surface area contributed by atoms with E-state index >= 15 is 0 Å². The molecule has 0 radical (unpaired) electrons. The van der Waals surface area contributed by atoms with Gasteiger partial charge in [-0.3, -0.25) is 14.4 Å². The topological polar surface area (TPSA) is 71.8 Å². The second-order valence-electron chi connectivity index (χ2n) is 9.28. The number of likely N-dealkylation sites (N-methyl/N-ethyl adjacent to an activating group) is 1. The molecule has 7 nitrogen and oxygen atoms in total. The summed E-state index contributed by atoms with van der Waals surface area (Å²) >= 11 is 0. The normalized spacial score (nSPS) is 13.9. The van der Waals surface area contributed by atoms with Crippen molar-refractivity contribution in [3.63, 3.8) is 0 Å². The minimum Gasteiger partial charge on any atom is -0.466 e. The number of halogens is 1. The van der Waals surface area contributed by atoms with Gasteiger partial charge in [-0.1, -0.05) is 31.4 Å². The molecule has 0 unspecified atom stereocenters. The lowest BCUT2D eigenvalue weighted by Crippen LogP contribution is -2.47. The van der Waals surface area contributed by atoms with Gasteiger partial charge >= 0.3 is 5.97 Å². The standard InChI is InChI=1S/C28H38FN3O4/c1-3-30(26(33)16-17-28(35)36-4-2)21-27(34)32(24-9-6-5-7-10-24)20-25-11-8-18-31(25)19-22-12-14-23(29)15-13-22/h8,11-15,18,24H,3-7,9-10,16-17,19-21H2,1-2H3. The third-order valence-corrected chi connectivity index (χ3v) is 6.77. The van der Waals surface area contributed by atoms with E-state index in [1.54, 1.807) is 19.1 Å². The summed E-state index contributed by atoms with van der Waals surface area (Å²) in [5.74, 6) is -0.971. The van der Waals surface area contributed by atoms with E-state index in [4.69, 9.17) is 4.74 Å². The highest BCUT2D eigenvalue weighted by molar-refractivity contribution is 5.86. The highest BCUT2D eigenvalue weighted by atomic mass is 19.1. The molecule has 2 amide bonds. The second kappa shape index (κ2) is 13.8. The third-order valence-electron chi connectivity index (χ3n) is 6.77. The zero-order chi connectivity index (χ0) is 25.9. The average Bonchev–Trinajstić information content (AvgIpc) is 3.32. The number of aromatic nitrogens is 1. The molecule has 1 fully saturated rings. The molecule has 1 aliphatic carbocycles. The average molecular weight is 500 g/mol. The fourth-order valence-electron chi connectivity index (χ4n) is 4.75. The van der Waals surface area contributed by atoms with Crippen molar-refractivity contribution >= 4 is 17.8 Å². The Labute approximate surface area is 213 Å². The van der Waals surface area contributed by atoms with Crippen molar-refractivity contribution in [2.75, 3.05) is 19.7 Å². The van der Waals surface area contributed by atoms with Crippen LogP contribution in [0.3, 0.4) is 0 Å². The van der Waals surface area contributed by atoms with E-state index in [1.807, 2.05) is 30.2 Å². The van der Waals surface area contributed by atoms with Gasteiger partial charge in [0, 0.05) is 37.4 Å². The lowest BCUT2D eigenvalue weighted by atomic mass is 9.94. The number of ether oxygens (including phenoxy) is 1. The molecule has 0 aliphatic heterocycles. The van der Waals surface area contributed by atoms with Crippen molar-refractivity contribution in [2.45, 2.75) is 77.9 Å². The summed E-state index contributed by atoms with van der Waals surface area (Å²) in [6.45, 7) is 5.28. The van der Waals surface area contributed by atoms with Crippen molar-refractivity contribution in [3.05, 3.63) is 59.7 Å². The quantitative estimate of drug-likeness (QED) is 0.403. The summed E-state index contributed by atoms with van der Waals surface area (Å²) in [7, 11) is 0. The van der Waals surface area contributed by atoms with Crippen LogP contribution in [0.25, 0.3) is 0 Å². The molecular weight excluding hydrogens is 461 g/mol. The highest BCUT2D eigenvalue weighted by Crippen LogP contribution is 2.25.